The number of para-hydroxylation sites is 1. The fourth-order valence-corrected chi connectivity index (χ4v) is 3.73. The zero-order chi connectivity index (χ0) is 17.1. The van der Waals surface area contributed by atoms with E-state index in [0.717, 1.165) is 44.3 Å². The second-order valence-corrected chi connectivity index (χ2v) is 6.72. The Kier molecular flexibility index (Phi) is 4.50. The fraction of sp³-hybridized carbons (Fsp3) is 0.421. The third kappa shape index (κ3) is 3.43. The summed E-state index contributed by atoms with van der Waals surface area (Å²) in [4.78, 5) is 21.9. The van der Waals surface area contributed by atoms with Crippen molar-refractivity contribution < 1.29 is 4.79 Å². The van der Waals surface area contributed by atoms with Crippen LogP contribution < -0.4 is 0 Å². The lowest BCUT2D eigenvalue weighted by Crippen LogP contribution is -2.40. The molecular weight excluding hydrogens is 314 g/mol. The van der Waals surface area contributed by atoms with Gasteiger partial charge in [0.1, 0.15) is 12.7 Å². The Morgan fingerprint density at radius 1 is 1.32 bits per heavy atom. The van der Waals surface area contributed by atoms with Gasteiger partial charge in [-0.25, -0.2) is 9.67 Å². The molecule has 4 rings (SSSR count). The lowest BCUT2D eigenvalue weighted by Gasteiger charge is -2.32. The summed E-state index contributed by atoms with van der Waals surface area (Å²) in [6, 6.07) is 8.57. The molecule has 1 N–H and O–H groups in total. The van der Waals surface area contributed by atoms with Gasteiger partial charge in [0.05, 0.1) is 6.04 Å². The topological polar surface area (TPSA) is 66.8 Å². The van der Waals surface area contributed by atoms with E-state index >= 15 is 0 Å². The smallest absolute Gasteiger partial charge is 0.222 e. The molecule has 1 amide bonds. The standard InChI is InChI=1S/C19H23N5O/c25-19(23-10-4-6-16(12-23)24-14-20-13-22-24)9-3-5-15-11-21-18-8-2-1-7-17(15)18/h1-2,7-8,11,13-14,16,21H,3-6,9-10,12H2/t16-/m0/s1. The third-order valence-electron chi connectivity index (χ3n) is 5.07. The van der Waals surface area contributed by atoms with Crippen LogP contribution in [0.2, 0.25) is 0 Å². The number of hydrogen-bond donors (Lipinski definition) is 1. The first-order chi connectivity index (χ1) is 12.3. The van der Waals surface area contributed by atoms with Crippen molar-refractivity contribution in [3.63, 3.8) is 0 Å². The van der Waals surface area contributed by atoms with Gasteiger partial charge in [-0.05, 0) is 37.3 Å². The van der Waals surface area contributed by atoms with Crippen LogP contribution in [0.15, 0.2) is 43.1 Å². The quantitative estimate of drug-likeness (QED) is 0.778. The second-order valence-electron chi connectivity index (χ2n) is 6.72. The average Bonchev–Trinajstić information content (AvgIpc) is 3.32. The molecule has 6 nitrogen and oxygen atoms in total. The molecule has 1 aliphatic heterocycles. The number of benzene rings is 1. The molecule has 0 bridgehead atoms. The number of nitrogens with zero attached hydrogens (tertiary/aromatic N) is 4. The van der Waals surface area contributed by atoms with Gasteiger partial charge >= 0.3 is 0 Å². The van der Waals surface area contributed by atoms with Gasteiger partial charge in [0.25, 0.3) is 0 Å². The Balaban J connectivity index is 1.31. The van der Waals surface area contributed by atoms with Crippen molar-refractivity contribution in [2.24, 2.45) is 0 Å². The molecule has 0 saturated carbocycles. The summed E-state index contributed by atoms with van der Waals surface area (Å²) in [5.41, 5.74) is 2.46. The number of aromatic nitrogens is 4. The van der Waals surface area contributed by atoms with Gasteiger partial charge in [-0.3, -0.25) is 4.79 Å². The maximum absolute atomic E-state index is 12.6. The monoisotopic (exact) mass is 337 g/mol. The summed E-state index contributed by atoms with van der Waals surface area (Å²) in [6.07, 6.45) is 9.86. The average molecular weight is 337 g/mol. The Labute approximate surface area is 146 Å². The maximum Gasteiger partial charge on any atom is 0.222 e. The van der Waals surface area contributed by atoms with Crippen molar-refractivity contribution in [3.8, 4) is 0 Å². The van der Waals surface area contributed by atoms with Crippen LogP contribution in [0.1, 0.15) is 37.3 Å². The summed E-state index contributed by atoms with van der Waals surface area (Å²) in [7, 11) is 0. The number of rotatable bonds is 5. The Bertz CT molecular complexity index is 839. The van der Waals surface area contributed by atoms with Gasteiger partial charge in [-0.2, -0.15) is 5.10 Å². The highest BCUT2D eigenvalue weighted by Gasteiger charge is 2.24. The predicted octanol–water partition coefficient (Wildman–Crippen LogP) is 2.95. The highest BCUT2D eigenvalue weighted by molar-refractivity contribution is 5.83. The molecule has 2 aromatic heterocycles. The minimum Gasteiger partial charge on any atom is -0.361 e. The molecule has 1 fully saturated rings. The molecule has 0 radical (unpaired) electrons. The first kappa shape index (κ1) is 15.9. The summed E-state index contributed by atoms with van der Waals surface area (Å²) >= 11 is 0. The Morgan fingerprint density at radius 2 is 2.24 bits per heavy atom. The normalized spacial score (nSPS) is 17.9. The number of carbonyl (C=O) groups is 1. The lowest BCUT2D eigenvalue weighted by atomic mass is 10.0. The van der Waals surface area contributed by atoms with Gasteiger partial charge in [-0.1, -0.05) is 18.2 Å². The largest absolute Gasteiger partial charge is 0.361 e. The first-order valence-electron chi connectivity index (χ1n) is 8.98. The van der Waals surface area contributed by atoms with E-state index in [9.17, 15) is 4.79 Å². The molecule has 0 spiro atoms. The van der Waals surface area contributed by atoms with Gasteiger partial charge in [0.15, 0.2) is 0 Å². The molecule has 6 heteroatoms. The molecular formula is C19H23N5O. The molecule has 130 valence electrons. The zero-order valence-electron chi connectivity index (χ0n) is 14.3. The van der Waals surface area contributed by atoms with Crippen LogP contribution in [0.25, 0.3) is 10.9 Å². The van der Waals surface area contributed by atoms with Crippen molar-refractivity contribution >= 4 is 16.8 Å². The van der Waals surface area contributed by atoms with Crippen LogP contribution >= 0.6 is 0 Å². The highest BCUT2D eigenvalue weighted by atomic mass is 16.2. The lowest BCUT2D eigenvalue weighted by molar-refractivity contribution is -0.133. The molecule has 3 heterocycles. The number of amides is 1. The Hall–Kier alpha value is -2.63. The maximum atomic E-state index is 12.6. The number of fused-ring (bicyclic) bond motifs is 1. The van der Waals surface area contributed by atoms with E-state index < -0.39 is 0 Å². The van der Waals surface area contributed by atoms with E-state index in [1.165, 1.54) is 10.9 Å². The van der Waals surface area contributed by atoms with E-state index in [2.05, 4.69) is 39.5 Å². The molecule has 0 aliphatic carbocycles. The molecule has 1 aromatic carbocycles. The summed E-state index contributed by atoms with van der Waals surface area (Å²) in [5, 5.41) is 5.49. The van der Waals surface area contributed by atoms with E-state index in [-0.39, 0.29) is 11.9 Å². The van der Waals surface area contributed by atoms with Crippen molar-refractivity contribution in [3.05, 3.63) is 48.7 Å². The first-order valence-corrected chi connectivity index (χ1v) is 8.98. The second kappa shape index (κ2) is 7.09. The molecule has 3 aromatic rings. The number of aryl methyl sites for hydroxylation is 1. The number of nitrogens with one attached hydrogen (secondary N) is 1. The minimum absolute atomic E-state index is 0.254. The van der Waals surface area contributed by atoms with Crippen LogP contribution in [0.5, 0.6) is 0 Å². The van der Waals surface area contributed by atoms with E-state index in [4.69, 9.17) is 0 Å². The number of likely N-dealkylation sites (tertiary alicyclic amines) is 1. The number of piperidine rings is 1. The van der Waals surface area contributed by atoms with Crippen LogP contribution in [0.3, 0.4) is 0 Å². The van der Waals surface area contributed by atoms with Crippen LogP contribution in [0.4, 0.5) is 0 Å². The number of aromatic amines is 1. The minimum atomic E-state index is 0.254. The SMILES string of the molecule is O=C(CCCc1c[nH]c2ccccc12)N1CCC[C@H](n2cncn2)C1. The van der Waals surface area contributed by atoms with Crippen LogP contribution in [-0.2, 0) is 11.2 Å². The molecule has 25 heavy (non-hydrogen) atoms. The third-order valence-corrected chi connectivity index (χ3v) is 5.07. The van der Waals surface area contributed by atoms with E-state index in [0.29, 0.717) is 6.42 Å². The van der Waals surface area contributed by atoms with Crippen LogP contribution in [0, 0.1) is 0 Å². The predicted molar refractivity (Wildman–Crippen MR) is 96.1 cm³/mol. The molecule has 1 atom stereocenters. The Morgan fingerprint density at radius 3 is 3.12 bits per heavy atom. The van der Waals surface area contributed by atoms with Crippen molar-refractivity contribution in [1.29, 1.82) is 0 Å². The number of hydrogen-bond acceptors (Lipinski definition) is 3. The summed E-state index contributed by atoms with van der Waals surface area (Å²) in [6.45, 7) is 1.60. The molecule has 1 saturated heterocycles. The van der Waals surface area contributed by atoms with Crippen molar-refractivity contribution in [1.82, 2.24) is 24.6 Å². The van der Waals surface area contributed by atoms with Gasteiger partial charge in [0.2, 0.25) is 5.91 Å². The fourth-order valence-electron chi connectivity index (χ4n) is 3.73. The van der Waals surface area contributed by atoms with Gasteiger partial charge < -0.3 is 9.88 Å². The van der Waals surface area contributed by atoms with Crippen molar-refractivity contribution in [2.75, 3.05) is 13.1 Å². The zero-order valence-corrected chi connectivity index (χ0v) is 14.3. The van der Waals surface area contributed by atoms with Crippen molar-refractivity contribution in [2.45, 2.75) is 38.1 Å². The molecule has 1 aliphatic rings. The van der Waals surface area contributed by atoms with Gasteiger partial charge in [-0.15, -0.1) is 0 Å². The number of H-pyrrole nitrogens is 1. The van der Waals surface area contributed by atoms with Gasteiger partial charge in [0, 0.05) is 36.6 Å². The van der Waals surface area contributed by atoms with E-state index in [1.807, 2.05) is 15.6 Å². The summed E-state index contributed by atoms with van der Waals surface area (Å²) in [5.74, 6) is 0.254. The van der Waals surface area contributed by atoms with Crippen LogP contribution in [-0.4, -0.2) is 43.6 Å². The highest BCUT2D eigenvalue weighted by Crippen LogP contribution is 2.22. The number of carbonyl (C=O) groups excluding carboxylic acids is 1. The molecule has 0 unspecified atom stereocenters. The summed E-state index contributed by atoms with van der Waals surface area (Å²) < 4.78 is 1.88. The van der Waals surface area contributed by atoms with E-state index in [1.54, 1.807) is 12.7 Å².